The van der Waals surface area contributed by atoms with Gasteiger partial charge in [0.2, 0.25) is 0 Å². The lowest BCUT2D eigenvalue weighted by atomic mass is 10.2. The second kappa shape index (κ2) is 8.56. The van der Waals surface area contributed by atoms with Gasteiger partial charge in [-0.15, -0.1) is 0 Å². The molecule has 6 heteroatoms. The molecule has 0 spiro atoms. The topological polar surface area (TPSA) is 72.5 Å². The number of benzene rings is 1. The highest BCUT2D eigenvalue weighted by Gasteiger charge is 2.18. The van der Waals surface area contributed by atoms with Crippen molar-refractivity contribution >= 4 is 11.6 Å². The standard InChI is InChI=1S/C20H25N3O3/c1-25-18-10-7-14(11-19(18)26-2)12-21-16-8-9-17(22-13-16)20(24)23-15-5-3-4-6-15/h7-11,13,15,21H,3-6,12H2,1-2H3,(H,23,24). The van der Waals surface area contributed by atoms with Gasteiger partial charge in [0, 0.05) is 12.6 Å². The molecule has 0 unspecified atom stereocenters. The van der Waals surface area contributed by atoms with E-state index in [0.29, 0.717) is 29.8 Å². The van der Waals surface area contributed by atoms with Crippen molar-refractivity contribution in [2.75, 3.05) is 19.5 Å². The summed E-state index contributed by atoms with van der Waals surface area (Å²) in [5.41, 5.74) is 2.37. The molecule has 1 saturated carbocycles. The first-order chi connectivity index (χ1) is 12.7. The molecule has 0 aliphatic heterocycles. The normalized spacial score (nSPS) is 14.1. The van der Waals surface area contributed by atoms with E-state index in [2.05, 4.69) is 15.6 Å². The number of carbonyl (C=O) groups is 1. The second-order valence-electron chi connectivity index (χ2n) is 6.43. The van der Waals surface area contributed by atoms with Crippen LogP contribution in [0.2, 0.25) is 0 Å². The van der Waals surface area contributed by atoms with Crippen molar-refractivity contribution in [2.45, 2.75) is 38.3 Å². The number of methoxy groups -OCH3 is 2. The zero-order valence-corrected chi connectivity index (χ0v) is 15.2. The first-order valence-electron chi connectivity index (χ1n) is 8.91. The van der Waals surface area contributed by atoms with Gasteiger partial charge in [0.05, 0.1) is 26.1 Å². The minimum Gasteiger partial charge on any atom is -0.493 e. The first-order valence-corrected chi connectivity index (χ1v) is 8.91. The van der Waals surface area contributed by atoms with Crippen molar-refractivity contribution in [1.82, 2.24) is 10.3 Å². The number of anilines is 1. The summed E-state index contributed by atoms with van der Waals surface area (Å²) in [4.78, 5) is 16.5. The Bertz CT molecular complexity index is 740. The van der Waals surface area contributed by atoms with Gasteiger partial charge in [0.15, 0.2) is 11.5 Å². The van der Waals surface area contributed by atoms with E-state index in [1.165, 1.54) is 12.8 Å². The van der Waals surface area contributed by atoms with Crippen molar-refractivity contribution in [3.8, 4) is 11.5 Å². The van der Waals surface area contributed by atoms with Gasteiger partial charge in [0.1, 0.15) is 5.69 Å². The molecule has 138 valence electrons. The minimum atomic E-state index is -0.0941. The molecule has 0 atom stereocenters. The van der Waals surface area contributed by atoms with Gasteiger partial charge in [-0.25, -0.2) is 4.98 Å². The highest BCUT2D eigenvalue weighted by Crippen LogP contribution is 2.27. The van der Waals surface area contributed by atoms with E-state index in [4.69, 9.17) is 9.47 Å². The summed E-state index contributed by atoms with van der Waals surface area (Å²) in [5, 5.41) is 6.35. The van der Waals surface area contributed by atoms with Crippen LogP contribution in [0.1, 0.15) is 41.7 Å². The fourth-order valence-electron chi connectivity index (χ4n) is 3.16. The van der Waals surface area contributed by atoms with E-state index in [-0.39, 0.29) is 5.91 Å². The van der Waals surface area contributed by atoms with Gasteiger partial charge in [-0.1, -0.05) is 18.9 Å². The molecule has 1 aliphatic rings. The summed E-state index contributed by atoms with van der Waals surface area (Å²) < 4.78 is 10.6. The van der Waals surface area contributed by atoms with Crippen LogP contribution in [-0.2, 0) is 6.54 Å². The van der Waals surface area contributed by atoms with Gasteiger partial charge < -0.3 is 20.1 Å². The van der Waals surface area contributed by atoms with E-state index in [0.717, 1.165) is 24.1 Å². The Morgan fingerprint density at radius 2 is 1.88 bits per heavy atom. The molecule has 26 heavy (non-hydrogen) atoms. The third-order valence-corrected chi connectivity index (χ3v) is 4.63. The SMILES string of the molecule is COc1ccc(CNc2ccc(C(=O)NC3CCCC3)nc2)cc1OC. The molecule has 1 aromatic heterocycles. The molecule has 1 amide bonds. The molecular formula is C20H25N3O3. The lowest BCUT2D eigenvalue weighted by Gasteiger charge is -2.12. The second-order valence-corrected chi connectivity index (χ2v) is 6.43. The maximum absolute atomic E-state index is 12.2. The van der Waals surface area contributed by atoms with Crippen LogP contribution in [0.4, 0.5) is 5.69 Å². The van der Waals surface area contributed by atoms with Crippen LogP contribution in [0, 0.1) is 0 Å². The smallest absolute Gasteiger partial charge is 0.270 e. The molecule has 2 aromatic rings. The summed E-state index contributed by atoms with van der Waals surface area (Å²) in [5.74, 6) is 1.31. The quantitative estimate of drug-likeness (QED) is 0.796. The molecular weight excluding hydrogens is 330 g/mol. The lowest BCUT2D eigenvalue weighted by molar-refractivity contribution is 0.0933. The maximum Gasteiger partial charge on any atom is 0.270 e. The van der Waals surface area contributed by atoms with E-state index < -0.39 is 0 Å². The van der Waals surface area contributed by atoms with Crippen molar-refractivity contribution in [1.29, 1.82) is 0 Å². The zero-order valence-electron chi connectivity index (χ0n) is 15.2. The molecule has 1 fully saturated rings. The van der Waals surface area contributed by atoms with Crippen molar-refractivity contribution < 1.29 is 14.3 Å². The molecule has 1 aromatic carbocycles. The Balaban J connectivity index is 1.56. The summed E-state index contributed by atoms with van der Waals surface area (Å²) in [7, 11) is 3.24. The van der Waals surface area contributed by atoms with Crippen LogP contribution in [0.5, 0.6) is 11.5 Å². The summed E-state index contributed by atoms with van der Waals surface area (Å²) in [6.45, 7) is 0.621. The number of ether oxygens (including phenoxy) is 2. The number of carbonyl (C=O) groups excluding carboxylic acids is 1. The fraction of sp³-hybridized carbons (Fsp3) is 0.400. The van der Waals surface area contributed by atoms with Crippen molar-refractivity contribution in [3.63, 3.8) is 0 Å². The average molecular weight is 355 g/mol. The Morgan fingerprint density at radius 3 is 2.54 bits per heavy atom. The number of nitrogens with zero attached hydrogens (tertiary/aromatic N) is 1. The number of nitrogens with one attached hydrogen (secondary N) is 2. The van der Waals surface area contributed by atoms with Gasteiger partial charge in [0.25, 0.3) is 5.91 Å². The van der Waals surface area contributed by atoms with Gasteiger partial charge in [-0.3, -0.25) is 4.79 Å². The molecule has 0 bridgehead atoms. The maximum atomic E-state index is 12.2. The van der Waals surface area contributed by atoms with Crippen LogP contribution >= 0.6 is 0 Å². The third kappa shape index (κ3) is 4.45. The number of amides is 1. The number of hydrogen-bond acceptors (Lipinski definition) is 5. The van der Waals surface area contributed by atoms with E-state index in [9.17, 15) is 4.79 Å². The molecule has 3 rings (SSSR count). The predicted octanol–water partition coefficient (Wildman–Crippen LogP) is 3.38. The molecule has 0 saturated heterocycles. The van der Waals surface area contributed by atoms with E-state index in [1.807, 2.05) is 24.3 Å². The summed E-state index contributed by atoms with van der Waals surface area (Å²) in [6, 6.07) is 9.71. The van der Waals surface area contributed by atoms with Gasteiger partial charge >= 0.3 is 0 Å². The van der Waals surface area contributed by atoms with Crippen molar-refractivity contribution in [2.24, 2.45) is 0 Å². The van der Waals surface area contributed by atoms with Gasteiger partial charge in [-0.2, -0.15) is 0 Å². The Labute approximate surface area is 153 Å². The Hall–Kier alpha value is -2.76. The number of pyridine rings is 1. The lowest BCUT2D eigenvalue weighted by Crippen LogP contribution is -2.33. The Morgan fingerprint density at radius 1 is 1.12 bits per heavy atom. The molecule has 0 radical (unpaired) electrons. The summed E-state index contributed by atoms with van der Waals surface area (Å²) in [6.07, 6.45) is 6.20. The number of hydrogen-bond donors (Lipinski definition) is 2. The third-order valence-electron chi connectivity index (χ3n) is 4.63. The largest absolute Gasteiger partial charge is 0.493 e. The Kier molecular flexibility index (Phi) is 5.94. The monoisotopic (exact) mass is 355 g/mol. The van der Waals surface area contributed by atoms with Crippen LogP contribution in [-0.4, -0.2) is 31.2 Å². The minimum absolute atomic E-state index is 0.0941. The highest BCUT2D eigenvalue weighted by molar-refractivity contribution is 5.92. The fourth-order valence-corrected chi connectivity index (χ4v) is 3.16. The van der Waals surface area contributed by atoms with E-state index in [1.54, 1.807) is 26.5 Å². The average Bonchev–Trinajstić information content (AvgIpc) is 3.19. The predicted molar refractivity (Wildman–Crippen MR) is 101 cm³/mol. The molecule has 1 heterocycles. The summed E-state index contributed by atoms with van der Waals surface area (Å²) >= 11 is 0. The van der Waals surface area contributed by atoms with Crippen LogP contribution < -0.4 is 20.1 Å². The van der Waals surface area contributed by atoms with Crippen molar-refractivity contribution in [3.05, 3.63) is 47.8 Å². The number of rotatable bonds is 7. The highest BCUT2D eigenvalue weighted by atomic mass is 16.5. The molecule has 1 aliphatic carbocycles. The number of aromatic nitrogens is 1. The van der Waals surface area contributed by atoms with Crippen LogP contribution in [0.25, 0.3) is 0 Å². The first kappa shape index (κ1) is 18.0. The van der Waals surface area contributed by atoms with Crippen LogP contribution in [0.15, 0.2) is 36.5 Å². The van der Waals surface area contributed by atoms with E-state index >= 15 is 0 Å². The molecule has 2 N–H and O–H groups in total. The van der Waals surface area contributed by atoms with Gasteiger partial charge in [-0.05, 0) is 42.7 Å². The van der Waals surface area contributed by atoms with Crippen LogP contribution in [0.3, 0.4) is 0 Å². The molecule has 6 nitrogen and oxygen atoms in total. The zero-order chi connectivity index (χ0) is 18.4.